The number of nitrogens with zero attached hydrogens (tertiary/aromatic N) is 1. The van der Waals surface area contributed by atoms with E-state index in [0.717, 1.165) is 40.8 Å². The molecule has 3 aromatic carbocycles. The quantitative estimate of drug-likeness (QED) is 0.489. The van der Waals surface area contributed by atoms with Crippen LogP contribution in [-0.2, 0) is 16.4 Å². The van der Waals surface area contributed by atoms with E-state index in [1.165, 1.54) is 7.11 Å². The molecule has 0 heterocycles. The van der Waals surface area contributed by atoms with Crippen molar-refractivity contribution in [2.45, 2.75) is 11.4 Å². The number of ether oxygens (including phenoxy) is 1. The minimum atomic E-state index is -3.73. The Kier molecular flexibility index (Phi) is 5.51. The van der Waals surface area contributed by atoms with Crippen LogP contribution in [0.15, 0.2) is 59.5 Å². The third-order valence-electron chi connectivity index (χ3n) is 4.44. The van der Waals surface area contributed by atoms with Gasteiger partial charge < -0.3 is 10.1 Å². The van der Waals surface area contributed by atoms with Crippen molar-refractivity contribution in [2.75, 3.05) is 13.4 Å². The smallest absolute Gasteiger partial charge is 0.271 e. The highest BCUT2D eigenvalue weighted by Crippen LogP contribution is 2.28. The van der Waals surface area contributed by atoms with Crippen LogP contribution in [0.25, 0.3) is 10.8 Å². The van der Waals surface area contributed by atoms with E-state index in [0.29, 0.717) is 5.75 Å². The molecule has 0 aliphatic heterocycles. The molecule has 0 atom stereocenters. The molecule has 1 amide bonds. The molecule has 0 aliphatic rings. The minimum Gasteiger partial charge on any atom is -0.496 e. The molecule has 3 aromatic rings. The first-order chi connectivity index (χ1) is 13.7. The highest BCUT2D eigenvalue weighted by Gasteiger charge is 2.19. The third kappa shape index (κ3) is 4.35. The van der Waals surface area contributed by atoms with Gasteiger partial charge >= 0.3 is 0 Å². The maximum Gasteiger partial charge on any atom is 0.271 e. The zero-order valence-corrected chi connectivity index (χ0v) is 16.5. The van der Waals surface area contributed by atoms with Gasteiger partial charge in [-0.1, -0.05) is 30.3 Å². The van der Waals surface area contributed by atoms with Crippen LogP contribution < -0.4 is 10.1 Å². The van der Waals surface area contributed by atoms with Gasteiger partial charge in [-0.15, -0.1) is 0 Å². The van der Waals surface area contributed by atoms with Gasteiger partial charge in [-0.05, 0) is 22.9 Å². The zero-order valence-electron chi connectivity index (χ0n) is 15.7. The average molecular weight is 414 g/mol. The van der Waals surface area contributed by atoms with Gasteiger partial charge in [0.2, 0.25) is 0 Å². The van der Waals surface area contributed by atoms with E-state index >= 15 is 0 Å². The summed E-state index contributed by atoms with van der Waals surface area (Å²) in [6.45, 7) is 0.0975. The van der Waals surface area contributed by atoms with Gasteiger partial charge in [0.25, 0.3) is 11.6 Å². The van der Waals surface area contributed by atoms with Crippen LogP contribution in [-0.4, -0.2) is 32.6 Å². The second-order valence-corrected chi connectivity index (χ2v) is 8.41. The predicted octanol–water partition coefficient (Wildman–Crippen LogP) is 3.09. The Labute approximate surface area is 167 Å². The van der Waals surface area contributed by atoms with Crippen molar-refractivity contribution < 1.29 is 22.9 Å². The number of sulfone groups is 1. The number of non-ortho nitro benzene ring substituents is 1. The standard InChI is InChI=1S/C20H18N2O6S/c1-28-19-8-7-13-5-3-4-6-17(13)18(19)12-21-20(23)14-9-15(22(24)25)11-16(10-14)29(2,26)27/h3-11H,12H2,1-2H3,(H,21,23). The van der Waals surface area contributed by atoms with Gasteiger partial charge in [0, 0.05) is 36.1 Å². The lowest BCUT2D eigenvalue weighted by molar-refractivity contribution is -0.385. The molecule has 0 saturated carbocycles. The molecule has 0 aromatic heterocycles. The van der Waals surface area contributed by atoms with Gasteiger partial charge in [-0.2, -0.15) is 0 Å². The summed E-state index contributed by atoms with van der Waals surface area (Å²) in [4.78, 5) is 22.7. The van der Waals surface area contributed by atoms with E-state index in [9.17, 15) is 23.3 Å². The monoisotopic (exact) mass is 414 g/mol. The van der Waals surface area contributed by atoms with Crippen molar-refractivity contribution >= 4 is 32.2 Å². The second kappa shape index (κ2) is 7.88. The lowest BCUT2D eigenvalue weighted by Crippen LogP contribution is -2.23. The van der Waals surface area contributed by atoms with Crippen LogP contribution in [0.2, 0.25) is 0 Å². The fourth-order valence-corrected chi connectivity index (χ4v) is 3.67. The molecule has 1 N–H and O–H groups in total. The molecule has 0 unspecified atom stereocenters. The summed E-state index contributed by atoms with van der Waals surface area (Å²) in [6, 6.07) is 14.4. The second-order valence-electron chi connectivity index (χ2n) is 6.40. The number of amides is 1. The number of carbonyl (C=O) groups excluding carboxylic acids is 1. The van der Waals surface area contributed by atoms with Gasteiger partial charge in [-0.3, -0.25) is 14.9 Å². The molecule has 0 bridgehead atoms. The van der Waals surface area contributed by atoms with Crippen molar-refractivity contribution in [1.29, 1.82) is 0 Å². The van der Waals surface area contributed by atoms with Gasteiger partial charge in [0.1, 0.15) is 5.75 Å². The molecule has 0 aliphatic carbocycles. The van der Waals surface area contributed by atoms with Crippen LogP contribution in [0.5, 0.6) is 5.75 Å². The van der Waals surface area contributed by atoms with Crippen LogP contribution in [0, 0.1) is 10.1 Å². The fraction of sp³-hybridized carbons (Fsp3) is 0.150. The predicted molar refractivity (Wildman–Crippen MR) is 108 cm³/mol. The highest BCUT2D eigenvalue weighted by molar-refractivity contribution is 7.90. The number of rotatable bonds is 6. The number of carbonyl (C=O) groups is 1. The summed E-state index contributed by atoms with van der Waals surface area (Å²) in [5.74, 6) is -0.0477. The topological polar surface area (TPSA) is 116 Å². The first-order valence-corrected chi connectivity index (χ1v) is 10.4. The van der Waals surface area contributed by atoms with Crippen LogP contribution in [0.1, 0.15) is 15.9 Å². The first kappa shape index (κ1) is 20.3. The van der Waals surface area contributed by atoms with E-state index in [1.807, 2.05) is 30.3 Å². The van der Waals surface area contributed by atoms with Crippen LogP contribution >= 0.6 is 0 Å². The van der Waals surface area contributed by atoms with Crippen molar-refractivity contribution in [3.05, 3.63) is 75.8 Å². The summed E-state index contributed by atoms with van der Waals surface area (Å²) in [5.41, 5.74) is 0.160. The van der Waals surface area contributed by atoms with Crippen LogP contribution in [0.3, 0.4) is 0 Å². The number of fused-ring (bicyclic) bond motifs is 1. The number of nitrogens with one attached hydrogen (secondary N) is 1. The molecule has 0 spiro atoms. The van der Waals surface area contributed by atoms with Gasteiger partial charge in [0.05, 0.1) is 16.9 Å². The fourth-order valence-electron chi connectivity index (χ4n) is 2.99. The Morgan fingerprint density at radius 3 is 2.52 bits per heavy atom. The molecule has 150 valence electrons. The molecular weight excluding hydrogens is 396 g/mol. The lowest BCUT2D eigenvalue weighted by Gasteiger charge is -2.13. The number of benzene rings is 3. The minimum absolute atomic E-state index is 0.0975. The summed E-state index contributed by atoms with van der Waals surface area (Å²) in [7, 11) is -2.20. The van der Waals surface area contributed by atoms with Crippen molar-refractivity contribution in [1.82, 2.24) is 5.32 Å². The zero-order chi connectivity index (χ0) is 21.2. The number of nitro groups is 1. The number of nitro benzene ring substituents is 1. The Bertz CT molecular complexity index is 1220. The highest BCUT2D eigenvalue weighted by atomic mass is 32.2. The van der Waals surface area contributed by atoms with Crippen molar-refractivity contribution in [2.24, 2.45) is 0 Å². The summed E-state index contributed by atoms with van der Waals surface area (Å²) in [6.07, 6.45) is 0.925. The van der Waals surface area contributed by atoms with Crippen LogP contribution in [0.4, 0.5) is 5.69 Å². The Hall–Kier alpha value is -3.46. The van der Waals surface area contributed by atoms with E-state index < -0.39 is 26.4 Å². The summed E-state index contributed by atoms with van der Waals surface area (Å²) < 4.78 is 29.0. The van der Waals surface area contributed by atoms with Crippen molar-refractivity contribution in [3.8, 4) is 5.75 Å². The first-order valence-electron chi connectivity index (χ1n) is 8.53. The SMILES string of the molecule is COc1ccc2ccccc2c1CNC(=O)c1cc([N+](=O)[O-])cc(S(C)(=O)=O)c1. The number of hydrogen-bond acceptors (Lipinski definition) is 6. The van der Waals surface area contributed by atoms with E-state index in [4.69, 9.17) is 4.74 Å². The van der Waals surface area contributed by atoms with E-state index in [2.05, 4.69) is 5.32 Å². The molecule has 8 nitrogen and oxygen atoms in total. The Morgan fingerprint density at radius 2 is 1.86 bits per heavy atom. The molecule has 0 fully saturated rings. The molecule has 0 radical (unpaired) electrons. The molecular formula is C20H18N2O6S. The summed E-state index contributed by atoms with van der Waals surface area (Å²) in [5, 5.41) is 15.7. The maximum absolute atomic E-state index is 12.6. The molecule has 9 heteroatoms. The maximum atomic E-state index is 12.6. The molecule has 3 rings (SSSR count). The van der Waals surface area contributed by atoms with Crippen molar-refractivity contribution in [3.63, 3.8) is 0 Å². The normalized spacial score (nSPS) is 11.2. The molecule has 0 saturated heterocycles. The lowest BCUT2D eigenvalue weighted by atomic mass is 10.0. The Balaban J connectivity index is 1.95. The van der Waals surface area contributed by atoms with E-state index in [-0.39, 0.29) is 17.0 Å². The van der Waals surface area contributed by atoms with Gasteiger partial charge in [-0.25, -0.2) is 8.42 Å². The number of methoxy groups -OCH3 is 1. The molecule has 29 heavy (non-hydrogen) atoms. The largest absolute Gasteiger partial charge is 0.496 e. The number of hydrogen-bond donors (Lipinski definition) is 1. The van der Waals surface area contributed by atoms with E-state index in [1.54, 1.807) is 6.07 Å². The summed E-state index contributed by atoms with van der Waals surface area (Å²) >= 11 is 0. The third-order valence-corrected chi connectivity index (χ3v) is 5.53. The average Bonchev–Trinajstić information content (AvgIpc) is 2.70. The Morgan fingerprint density at radius 1 is 1.14 bits per heavy atom. The van der Waals surface area contributed by atoms with Gasteiger partial charge in [0.15, 0.2) is 9.84 Å².